The lowest BCUT2D eigenvalue weighted by Gasteiger charge is -2.31. The molecule has 114 valence electrons. The number of piperidine rings is 1. The standard InChI is InChI=1S/C14H19ClN4O2/c15-11-1-2-12(17-9-11)18-14(21)10-4-7-19(8-5-10)13(20)3-6-16/h1-2,9-10H,3-8,16H2,(H,17,18,21). The van der Waals surface area contributed by atoms with Gasteiger partial charge in [-0.15, -0.1) is 0 Å². The van der Waals surface area contributed by atoms with Gasteiger partial charge in [-0.2, -0.15) is 0 Å². The number of anilines is 1. The minimum Gasteiger partial charge on any atom is -0.343 e. The Balaban J connectivity index is 1.83. The maximum Gasteiger partial charge on any atom is 0.228 e. The molecule has 7 heteroatoms. The van der Waals surface area contributed by atoms with Gasteiger partial charge in [0.15, 0.2) is 0 Å². The topological polar surface area (TPSA) is 88.3 Å². The van der Waals surface area contributed by atoms with E-state index in [9.17, 15) is 9.59 Å². The first kappa shape index (κ1) is 15.7. The fraction of sp³-hybridized carbons (Fsp3) is 0.500. The number of amides is 2. The number of aromatic nitrogens is 1. The van der Waals surface area contributed by atoms with Crippen LogP contribution in [0.1, 0.15) is 19.3 Å². The number of hydrogen-bond donors (Lipinski definition) is 2. The van der Waals surface area contributed by atoms with Crippen LogP contribution in [0.3, 0.4) is 0 Å². The summed E-state index contributed by atoms with van der Waals surface area (Å²) < 4.78 is 0. The van der Waals surface area contributed by atoms with Crippen molar-refractivity contribution in [2.24, 2.45) is 11.7 Å². The first-order valence-corrected chi connectivity index (χ1v) is 7.38. The monoisotopic (exact) mass is 310 g/mol. The van der Waals surface area contributed by atoms with Crippen molar-refractivity contribution in [2.75, 3.05) is 25.0 Å². The molecule has 0 spiro atoms. The van der Waals surface area contributed by atoms with Crippen LogP contribution in [0.15, 0.2) is 18.3 Å². The molecular formula is C14H19ClN4O2. The van der Waals surface area contributed by atoms with E-state index in [1.54, 1.807) is 17.0 Å². The number of nitrogens with two attached hydrogens (primary N) is 1. The van der Waals surface area contributed by atoms with E-state index in [4.69, 9.17) is 17.3 Å². The van der Waals surface area contributed by atoms with E-state index < -0.39 is 0 Å². The van der Waals surface area contributed by atoms with E-state index in [0.29, 0.717) is 49.7 Å². The van der Waals surface area contributed by atoms with Gasteiger partial charge in [0.2, 0.25) is 11.8 Å². The second-order valence-corrected chi connectivity index (χ2v) is 5.48. The summed E-state index contributed by atoms with van der Waals surface area (Å²) in [4.78, 5) is 29.7. The highest BCUT2D eigenvalue weighted by molar-refractivity contribution is 6.30. The minimum atomic E-state index is -0.0931. The highest BCUT2D eigenvalue weighted by Gasteiger charge is 2.27. The number of hydrogen-bond acceptors (Lipinski definition) is 4. The molecule has 1 saturated heterocycles. The third-order valence-corrected chi connectivity index (χ3v) is 3.78. The average Bonchev–Trinajstić information content (AvgIpc) is 2.50. The second kappa shape index (κ2) is 7.38. The van der Waals surface area contributed by atoms with Crippen LogP contribution in [0.4, 0.5) is 5.82 Å². The zero-order chi connectivity index (χ0) is 15.2. The van der Waals surface area contributed by atoms with Gasteiger partial charge in [-0.05, 0) is 25.0 Å². The van der Waals surface area contributed by atoms with Crippen molar-refractivity contribution in [1.29, 1.82) is 0 Å². The summed E-state index contributed by atoms with van der Waals surface area (Å²) in [6.07, 6.45) is 3.18. The normalized spacial score (nSPS) is 15.8. The molecule has 1 aliphatic heterocycles. The summed E-state index contributed by atoms with van der Waals surface area (Å²) in [7, 11) is 0. The summed E-state index contributed by atoms with van der Waals surface area (Å²) in [5, 5.41) is 3.30. The van der Waals surface area contributed by atoms with Crippen LogP contribution in [0.25, 0.3) is 0 Å². The Bertz CT molecular complexity index is 498. The van der Waals surface area contributed by atoms with Gasteiger partial charge in [-0.25, -0.2) is 4.98 Å². The third kappa shape index (κ3) is 4.41. The van der Waals surface area contributed by atoms with Gasteiger partial charge >= 0.3 is 0 Å². The molecule has 1 aromatic heterocycles. The van der Waals surface area contributed by atoms with Gasteiger partial charge in [0.05, 0.1) is 5.02 Å². The van der Waals surface area contributed by atoms with Crippen LogP contribution in [-0.4, -0.2) is 41.3 Å². The molecule has 0 radical (unpaired) electrons. The Kier molecular flexibility index (Phi) is 5.52. The predicted octanol–water partition coefficient (Wildman–Crippen LogP) is 1.26. The molecule has 0 aromatic carbocycles. The molecule has 0 unspecified atom stereocenters. The number of carbonyl (C=O) groups is 2. The maximum absolute atomic E-state index is 12.1. The van der Waals surface area contributed by atoms with Crippen LogP contribution in [-0.2, 0) is 9.59 Å². The highest BCUT2D eigenvalue weighted by atomic mass is 35.5. The van der Waals surface area contributed by atoms with Gasteiger partial charge in [-0.1, -0.05) is 11.6 Å². The van der Waals surface area contributed by atoms with Gasteiger partial charge < -0.3 is 16.0 Å². The highest BCUT2D eigenvalue weighted by Crippen LogP contribution is 2.20. The molecule has 2 amide bonds. The average molecular weight is 311 g/mol. The Morgan fingerprint density at radius 2 is 2.10 bits per heavy atom. The smallest absolute Gasteiger partial charge is 0.228 e. The largest absolute Gasteiger partial charge is 0.343 e. The quantitative estimate of drug-likeness (QED) is 0.876. The molecule has 1 aromatic rings. The van der Waals surface area contributed by atoms with Crippen LogP contribution in [0.2, 0.25) is 5.02 Å². The molecule has 0 aliphatic carbocycles. The lowest BCUT2D eigenvalue weighted by atomic mass is 9.95. The number of carbonyl (C=O) groups excluding carboxylic acids is 2. The number of likely N-dealkylation sites (tertiary alicyclic amines) is 1. The van der Waals surface area contributed by atoms with Crippen LogP contribution < -0.4 is 11.1 Å². The van der Waals surface area contributed by atoms with Crippen molar-refractivity contribution in [3.05, 3.63) is 23.4 Å². The van der Waals surface area contributed by atoms with E-state index >= 15 is 0 Å². The first-order chi connectivity index (χ1) is 10.1. The van der Waals surface area contributed by atoms with Gasteiger partial charge in [0, 0.05) is 38.2 Å². The lowest BCUT2D eigenvalue weighted by Crippen LogP contribution is -2.42. The van der Waals surface area contributed by atoms with Crippen molar-refractivity contribution in [1.82, 2.24) is 9.88 Å². The molecule has 1 fully saturated rings. The molecular weight excluding hydrogens is 292 g/mol. The molecule has 3 N–H and O–H groups in total. The fourth-order valence-electron chi connectivity index (χ4n) is 2.35. The molecule has 6 nitrogen and oxygen atoms in total. The van der Waals surface area contributed by atoms with Crippen molar-refractivity contribution in [3.8, 4) is 0 Å². The zero-order valence-corrected chi connectivity index (χ0v) is 12.5. The summed E-state index contributed by atoms with van der Waals surface area (Å²) in [6.45, 7) is 1.57. The molecule has 2 rings (SSSR count). The summed E-state index contributed by atoms with van der Waals surface area (Å²) in [6, 6.07) is 3.35. The maximum atomic E-state index is 12.1. The first-order valence-electron chi connectivity index (χ1n) is 7.00. The number of halogens is 1. The molecule has 0 bridgehead atoms. The van der Waals surface area contributed by atoms with E-state index in [2.05, 4.69) is 10.3 Å². The zero-order valence-electron chi connectivity index (χ0n) is 11.7. The van der Waals surface area contributed by atoms with Crippen LogP contribution >= 0.6 is 11.6 Å². The van der Waals surface area contributed by atoms with E-state index in [-0.39, 0.29) is 17.7 Å². The van der Waals surface area contributed by atoms with Gasteiger partial charge in [-0.3, -0.25) is 9.59 Å². The van der Waals surface area contributed by atoms with Gasteiger partial charge in [0.25, 0.3) is 0 Å². The molecule has 21 heavy (non-hydrogen) atoms. The number of nitrogens with zero attached hydrogens (tertiary/aromatic N) is 2. The summed E-state index contributed by atoms with van der Waals surface area (Å²) >= 11 is 5.75. The van der Waals surface area contributed by atoms with Crippen molar-refractivity contribution < 1.29 is 9.59 Å². The predicted molar refractivity (Wildman–Crippen MR) is 80.9 cm³/mol. The summed E-state index contributed by atoms with van der Waals surface area (Å²) in [5.41, 5.74) is 5.38. The Labute approximate surface area is 128 Å². The van der Waals surface area contributed by atoms with Gasteiger partial charge in [0.1, 0.15) is 5.82 Å². The van der Waals surface area contributed by atoms with E-state index in [1.807, 2.05) is 0 Å². The van der Waals surface area contributed by atoms with Crippen LogP contribution in [0.5, 0.6) is 0 Å². The van der Waals surface area contributed by atoms with Crippen molar-refractivity contribution in [3.63, 3.8) is 0 Å². The Hall–Kier alpha value is -1.66. The Morgan fingerprint density at radius 1 is 1.38 bits per heavy atom. The van der Waals surface area contributed by atoms with Crippen LogP contribution in [0, 0.1) is 5.92 Å². The lowest BCUT2D eigenvalue weighted by molar-refractivity contribution is -0.134. The minimum absolute atomic E-state index is 0.0595. The Morgan fingerprint density at radius 3 is 2.67 bits per heavy atom. The fourth-order valence-corrected chi connectivity index (χ4v) is 2.46. The number of rotatable bonds is 4. The second-order valence-electron chi connectivity index (χ2n) is 5.04. The summed E-state index contributed by atoms with van der Waals surface area (Å²) in [5.74, 6) is 0.405. The molecule has 1 aliphatic rings. The number of pyridine rings is 1. The van der Waals surface area contributed by atoms with Crippen molar-refractivity contribution >= 4 is 29.2 Å². The van der Waals surface area contributed by atoms with E-state index in [1.165, 1.54) is 6.20 Å². The molecule has 0 atom stereocenters. The third-order valence-electron chi connectivity index (χ3n) is 3.56. The van der Waals surface area contributed by atoms with Crippen molar-refractivity contribution in [2.45, 2.75) is 19.3 Å². The SMILES string of the molecule is NCCC(=O)N1CCC(C(=O)Nc2ccc(Cl)cn2)CC1. The van der Waals surface area contributed by atoms with E-state index in [0.717, 1.165) is 0 Å². The number of nitrogens with one attached hydrogen (secondary N) is 1. The molecule has 0 saturated carbocycles. The molecule has 2 heterocycles.